The van der Waals surface area contributed by atoms with Crippen LogP contribution in [0.1, 0.15) is 30.3 Å². The van der Waals surface area contributed by atoms with Gasteiger partial charge in [0.1, 0.15) is 0 Å². The fourth-order valence-electron chi connectivity index (χ4n) is 3.13. The third-order valence-electron chi connectivity index (χ3n) is 4.59. The first kappa shape index (κ1) is 20.0. The highest BCUT2D eigenvalue weighted by molar-refractivity contribution is 5.91. The number of nitrogens with zero attached hydrogens (tertiary/aromatic N) is 4. The Hall–Kier alpha value is -2.71. The minimum absolute atomic E-state index is 0. The van der Waals surface area contributed by atoms with Crippen LogP contribution >= 0.6 is 12.4 Å². The molecule has 0 aliphatic carbocycles. The Bertz CT molecular complexity index is 915. The van der Waals surface area contributed by atoms with Crippen LogP contribution in [0.25, 0.3) is 11.6 Å². The fraction of sp³-hybridized carbons (Fsp3) is 0.368. The standard InChI is InChI=1S/C19H22N6O2.ClH/c1-13-4-6-14(7-5-13)21-18(26)11-17-22-19(27-24-17)16-8-10-25(23-16)15-3-2-9-20-12-15;/h4-8,10,15,20H,2-3,9,11-12H2,1H3,(H,21,26);1H. The molecule has 2 aromatic heterocycles. The van der Waals surface area contributed by atoms with E-state index in [0.717, 1.165) is 37.2 Å². The maximum absolute atomic E-state index is 12.2. The number of carbonyl (C=O) groups is 1. The van der Waals surface area contributed by atoms with Gasteiger partial charge in [-0.1, -0.05) is 22.9 Å². The summed E-state index contributed by atoms with van der Waals surface area (Å²) in [5.74, 6) is 0.476. The lowest BCUT2D eigenvalue weighted by Crippen LogP contribution is -2.31. The van der Waals surface area contributed by atoms with Crippen molar-refractivity contribution in [3.63, 3.8) is 0 Å². The minimum Gasteiger partial charge on any atom is -0.332 e. The van der Waals surface area contributed by atoms with Crippen LogP contribution < -0.4 is 10.6 Å². The highest BCUT2D eigenvalue weighted by atomic mass is 35.5. The summed E-state index contributed by atoms with van der Waals surface area (Å²) in [6.45, 7) is 3.97. The van der Waals surface area contributed by atoms with Gasteiger partial charge in [0.05, 0.1) is 12.5 Å². The molecule has 28 heavy (non-hydrogen) atoms. The maximum Gasteiger partial charge on any atom is 0.278 e. The number of hydrogen-bond acceptors (Lipinski definition) is 6. The molecule has 1 unspecified atom stereocenters. The largest absolute Gasteiger partial charge is 0.332 e. The number of amides is 1. The molecule has 9 heteroatoms. The van der Waals surface area contributed by atoms with Crippen molar-refractivity contribution in [2.75, 3.05) is 18.4 Å². The van der Waals surface area contributed by atoms with Gasteiger partial charge in [-0.15, -0.1) is 12.4 Å². The van der Waals surface area contributed by atoms with Crippen LogP contribution in [0.3, 0.4) is 0 Å². The topological polar surface area (TPSA) is 97.9 Å². The molecule has 3 aromatic rings. The summed E-state index contributed by atoms with van der Waals surface area (Å²) in [5, 5.41) is 14.7. The first-order valence-electron chi connectivity index (χ1n) is 9.13. The number of halogens is 1. The van der Waals surface area contributed by atoms with Crippen molar-refractivity contribution in [1.29, 1.82) is 0 Å². The van der Waals surface area contributed by atoms with E-state index in [4.69, 9.17) is 4.52 Å². The Morgan fingerprint density at radius 2 is 2.14 bits per heavy atom. The molecule has 0 spiro atoms. The smallest absolute Gasteiger partial charge is 0.278 e. The van der Waals surface area contributed by atoms with E-state index in [1.165, 1.54) is 0 Å². The van der Waals surface area contributed by atoms with Gasteiger partial charge in [0, 0.05) is 18.4 Å². The normalized spacial score (nSPS) is 16.4. The van der Waals surface area contributed by atoms with Crippen LogP contribution in [0, 0.1) is 6.92 Å². The third kappa shape index (κ3) is 4.76. The van der Waals surface area contributed by atoms with Crippen LogP contribution in [-0.4, -0.2) is 38.9 Å². The quantitative estimate of drug-likeness (QED) is 0.681. The first-order valence-corrected chi connectivity index (χ1v) is 9.13. The molecule has 148 valence electrons. The molecule has 1 aromatic carbocycles. The van der Waals surface area contributed by atoms with Gasteiger partial charge in [-0.3, -0.25) is 9.48 Å². The van der Waals surface area contributed by atoms with Crippen molar-refractivity contribution in [2.45, 2.75) is 32.2 Å². The van der Waals surface area contributed by atoms with Crippen LogP contribution in [0.4, 0.5) is 5.69 Å². The lowest BCUT2D eigenvalue weighted by molar-refractivity contribution is -0.115. The van der Waals surface area contributed by atoms with Crippen molar-refractivity contribution in [1.82, 2.24) is 25.2 Å². The van der Waals surface area contributed by atoms with Crippen molar-refractivity contribution < 1.29 is 9.32 Å². The molecular weight excluding hydrogens is 380 g/mol. The maximum atomic E-state index is 12.2. The molecule has 1 aliphatic rings. The zero-order chi connectivity index (χ0) is 18.6. The van der Waals surface area contributed by atoms with Crippen LogP contribution in [-0.2, 0) is 11.2 Å². The van der Waals surface area contributed by atoms with Gasteiger partial charge < -0.3 is 15.2 Å². The van der Waals surface area contributed by atoms with E-state index >= 15 is 0 Å². The summed E-state index contributed by atoms with van der Waals surface area (Å²) in [6, 6.07) is 9.82. The van der Waals surface area contributed by atoms with Crippen LogP contribution in [0.2, 0.25) is 0 Å². The average Bonchev–Trinajstić information content (AvgIpc) is 3.34. The van der Waals surface area contributed by atoms with E-state index < -0.39 is 0 Å². The van der Waals surface area contributed by atoms with Gasteiger partial charge in [-0.05, 0) is 44.5 Å². The number of hydrogen-bond donors (Lipinski definition) is 2. The number of rotatable bonds is 5. The molecule has 2 N–H and O–H groups in total. The average molecular weight is 403 g/mol. The van der Waals surface area contributed by atoms with Gasteiger partial charge >= 0.3 is 0 Å². The molecule has 1 fully saturated rings. The summed E-state index contributed by atoms with van der Waals surface area (Å²) in [5.41, 5.74) is 2.51. The SMILES string of the molecule is Cc1ccc(NC(=O)Cc2noc(-c3ccn(C4CCCNC4)n3)n2)cc1.Cl. The Morgan fingerprint density at radius 1 is 1.32 bits per heavy atom. The summed E-state index contributed by atoms with van der Waals surface area (Å²) < 4.78 is 7.23. The number of nitrogens with one attached hydrogen (secondary N) is 2. The number of benzene rings is 1. The van der Waals surface area contributed by atoms with Gasteiger partial charge in [-0.25, -0.2) is 0 Å². The molecule has 1 atom stereocenters. The van der Waals surface area contributed by atoms with E-state index in [1.54, 1.807) is 0 Å². The molecule has 4 rings (SSSR count). The molecular formula is C19H23ClN6O2. The van der Waals surface area contributed by atoms with E-state index in [-0.39, 0.29) is 24.7 Å². The predicted octanol–water partition coefficient (Wildman–Crippen LogP) is 2.77. The number of piperidine rings is 1. The summed E-state index contributed by atoms with van der Waals surface area (Å²) in [7, 11) is 0. The Kier molecular flexibility index (Phi) is 6.43. The van der Waals surface area contributed by atoms with E-state index in [0.29, 0.717) is 23.5 Å². The van der Waals surface area contributed by atoms with Gasteiger partial charge in [-0.2, -0.15) is 10.1 Å². The van der Waals surface area contributed by atoms with Crippen molar-refractivity contribution in [3.05, 3.63) is 47.9 Å². The number of anilines is 1. The second-order valence-corrected chi connectivity index (χ2v) is 6.79. The Morgan fingerprint density at radius 3 is 2.89 bits per heavy atom. The number of aryl methyl sites for hydroxylation is 1. The van der Waals surface area contributed by atoms with Crippen LogP contribution in [0.5, 0.6) is 0 Å². The Balaban J connectivity index is 0.00000225. The molecule has 1 amide bonds. The zero-order valence-electron chi connectivity index (χ0n) is 15.6. The highest BCUT2D eigenvalue weighted by Gasteiger charge is 2.19. The second-order valence-electron chi connectivity index (χ2n) is 6.79. The third-order valence-corrected chi connectivity index (χ3v) is 4.59. The monoisotopic (exact) mass is 402 g/mol. The summed E-state index contributed by atoms with van der Waals surface area (Å²) in [4.78, 5) is 16.5. The van der Waals surface area contributed by atoms with E-state index in [2.05, 4.69) is 25.9 Å². The molecule has 8 nitrogen and oxygen atoms in total. The number of aromatic nitrogens is 4. The lowest BCUT2D eigenvalue weighted by Gasteiger charge is -2.22. The summed E-state index contributed by atoms with van der Waals surface area (Å²) in [6.07, 6.45) is 4.22. The molecule has 0 saturated carbocycles. The molecule has 1 saturated heterocycles. The van der Waals surface area contributed by atoms with Gasteiger partial charge in [0.2, 0.25) is 5.91 Å². The molecule has 0 radical (unpaired) electrons. The Labute approximate surface area is 169 Å². The molecule has 3 heterocycles. The van der Waals surface area contributed by atoms with Crippen molar-refractivity contribution in [2.24, 2.45) is 0 Å². The van der Waals surface area contributed by atoms with Crippen molar-refractivity contribution >= 4 is 24.0 Å². The van der Waals surface area contributed by atoms with E-state index in [1.807, 2.05) is 48.1 Å². The number of carbonyl (C=O) groups excluding carboxylic acids is 1. The highest BCUT2D eigenvalue weighted by Crippen LogP contribution is 2.20. The summed E-state index contributed by atoms with van der Waals surface area (Å²) >= 11 is 0. The van der Waals surface area contributed by atoms with Gasteiger partial charge in [0.15, 0.2) is 11.5 Å². The minimum atomic E-state index is -0.190. The predicted molar refractivity (Wildman–Crippen MR) is 107 cm³/mol. The fourth-order valence-corrected chi connectivity index (χ4v) is 3.13. The molecule has 0 bridgehead atoms. The van der Waals surface area contributed by atoms with Crippen LogP contribution in [0.15, 0.2) is 41.1 Å². The van der Waals surface area contributed by atoms with E-state index in [9.17, 15) is 4.79 Å². The molecule has 1 aliphatic heterocycles. The zero-order valence-corrected chi connectivity index (χ0v) is 16.4. The lowest BCUT2D eigenvalue weighted by atomic mass is 10.1. The van der Waals surface area contributed by atoms with Gasteiger partial charge in [0.25, 0.3) is 5.89 Å². The second kappa shape index (κ2) is 8.99. The first-order chi connectivity index (χ1) is 13.2. The van der Waals surface area contributed by atoms with Crippen molar-refractivity contribution in [3.8, 4) is 11.6 Å².